The monoisotopic (exact) mass is 233 g/mol. The largest absolute Gasteiger partial charge is 0.409 e. The zero-order chi connectivity index (χ0) is 12.3. The van der Waals surface area contributed by atoms with E-state index in [0.717, 1.165) is 31.1 Å². The third-order valence-corrected chi connectivity index (χ3v) is 3.24. The van der Waals surface area contributed by atoms with Crippen LogP contribution in [0.5, 0.6) is 0 Å². The lowest BCUT2D eigenvalue weighted by molar-refractivity contribution is 0.318. The topological polar surface area (TPSA) is 61.8 Å². The molecule has 0 aromatic heterocycles. The Morgan fingerprint density at radius 1 is 1.59 bits per heavy atom. The molecule has 1 heterocycles. The second kappa shape index (κ2) is 5.19. The van der Waals surface area contributed by atoms with Crippen LogP contribution in [0.25, 0.3) is 0 Å². The molecule has 2 rings (SSSR count). The molecular formula is C13H19N3O. The fourth-order valence-electron chi connectivity index (χ4n) is 2.31. The van der Waals surface area contributed by atoms with Gasteiger partial charge in [-0.2, -0.15) is 0 Å². The van der Waals surface area contributed by atoms with Crippen LogP contribution >= 0.6 is 0 Å². The van der Waals surface area contributed by atoms with Gasteiger partial charge in [0.15, 0.2) is 5.84 Å². The lowest BCUT2D eigenvalue weighted by atomic mass is 10.1. The molecule has 1 aliphatic rings. The maximum Gasteiger partial charge on any atom is 0.170 e. The van der Waals surface area contributed by atoms with Crippen LogP contribution in [-0.4, -0.2) is 29.0 Å². The Balaban J connectivity index is 2.06. The smallest absolute Gasteiger partial charge is 0.170 e. The third-order valence-electron chi connectivity index (χ3n) is 3.24. The van der Waals surface area contributed by atoms with Crippen molar-refractivity contribution in [2.75, 3.05) is 13.1 Å². The minimum absolute atomic E-state index is 0.168. The van der Waals surface area contributed by atoms with Crippen LogP contribution in [0.1, 0.15) is 24.5 Å². The standard InChI is InChI=1S/C13H19N3O/c1-10-5-6-16(8-10)9-11-3-2-4-12(7-11)13(14)15-17/h2-4,7,10,17H,5-6,8-9H2,1H3,(H2,14,15). The number of hydrogen-bond acceptors (Lipinski definition) is 3. The molecule has 0 bridgehead atoms. The number of rotatable bonds is 3. The summed E-state index contributed by atoms with van der Waals surface area (Å²) in [7, 11) is 0. The fourth-order valence-corrected chi connectivity index (χ4v) is 2.31. The van der Waals surface area contributed by atoms with Crippen molar-refractivity contribution in [3.8, 4) is 0 Å². The molecule has 1 aromatic carbocycles. The zero-order valence-electron chi connectivity index (χ0n) is 10.1. The van der Waals surface area contributed by atoms with E-state index in [-0.39, 0.29) is 5.84 Å². The number of hydrogen-bond donors (Lipinski definition) is 2. The van der Waals surface area contributed by atoms with Gasteiger partial charge in [-0.1, -0.05) is 30.3 Å². The van der Waals surface area contributed by atoms with Crippen molar-refractivity contribution in [1.29, 1.82) is 0 Å². The molecule has 0 aliphatic carbocycles. The quantitative estimate of drug-likeness (QED) is 0.361. The van der Waals surface area contributed by atoms with Gasteiger partial charge < -0.3 is 10.9 Å². The summed E-state index contributed by atoms with van der Waals surface area (Å²) in [5, 5.41) is 11.7. The Morgan fingerprint density at radius 3 is 3.06 bits per heavy atom. The van der Waals surface area contributed by atoms with E-state index in [4.69, 9.17) is 10.9 Å². The second-order valence-electron chi connectivity index (χ2n) is 4.81. The average molecular weight is 233 g/mol. The third kappa shape index (κ3) is 2.97. The molecule has 4 heteroatoms. The van der Waals surface area contributed by atoms with E-state index >= 15 is 0 Å². The van der Waals surface area contributed by atoms with Crippen LogP contribution in [-0.2, 0) is 6.54 Å². The number of nitrogens with zero attached hydrogens (tertiary/aromatic N) is 2. The summed E-state index contributed by atoms with van der Waals surface area (Å²) in [6, 6.07) is 7.86. The molecule has 3 N–H and O–H groups in total. The van der Waals surface area contributed by atoms with Crippen molar-refractivity contribution in [3.05, 3.63) is 35.4 Å². The lowest BCUT2D eigenvalue weighted by Crippen LogP contribution is -2.20. The Labute approximate surface area is 102 Å². The first-order valence-corrected chi connectivity index (χ1v) is 5.98. The van der Waals surface area contributed by atoms with E-state index in [1.807, 2.05) is 18.2 Å². The van der Waals surface area contributed by atoms with E-state index in [0.29, 0.717) is 0 Å². The molecular weight excluding hydrogens is 214 g/mol. The van der Waals surface area contributed by atoms with E-state index in [1.165, 1.54) is 12.0 Å². The van der Waals surface area contributed by atoms with E-state index in [9.17, 15) is 0 Å². The van der Waals surface area contributed by atoms with Gasteiger partial charge in [0, 0.05) is 18.7 Å². The highest BCUT2D eigenvalue weighted by atomic mass is 16.4. The van der Waals surface area contributed by atoms with Gasteiger partial charge in [0.2, 0.25) is 0 Å². The van der Waals surface area contributed by atoms with E-state index in [2.05, 4.69) is 23.0 Å². The summed E-state index contributed by atoms with van der Waals surface area (Å²) in [4.78, 5) is 2.44. The average Bonchev–Trinajstić information content (AvgIpc) is 2.74. The summed E-state index contributed by atoms with van der Waals surface area (Å²) in [6.45, 7) is 5.55. The maximum atomic E-state index is 8.65. The maximum absolute atomic E-state index is 8.65. The van der Waals surface area contributed by atoms with Crippen LogP contribution in [0.3, 0.4) is 0 Å². The Morgan fingerprint density at radius 2 is 2.41 bits per heavy atom. The van der Waals surface area contributed by atoms with Crippen molar-refractivity contribution in [2.24, 2.45) is 16.8 Å². The van der Waals surface area contributed by atoms with Crippen LogP contribution in [0.4, 0.5) is 0 Å². The number of benzene rings is 1. The first-order chi connectivity index (χ1) is 8.19. The number of amidine groups is 1. The molecule has 0 radical (unpaired) electrons. The molecule has 1 atom stereocenters. The van der Waals surface area contributed by atoms with Crippen LogP contribution in [0, 0.1) is 5.92 Å². The molecule has 0 spiro atoms. The summed E-state index contributed by atoms with van der Waals surface area (Å²) in [6.07, 6.45) is 1.28. The molecule has 1 fully saturated rings. The summed E-state index contributed by atoms with van der Waals surface area (Å²) in [5.41, 5.74) is 7.57. The predicted molar refractivity (Wildman–Crippen MR) is 68.0 cm³/mol. The van der Waals surface area contributed by atoms with E-state index < -0.39 is 0 Å². The fraction of sp³-hybridized carbons (Fsp3) is 0.462. The number of likely N-dealkylation sites (tertiary alicyclic amines) is 1. The molecule has 0 saturated carbocycles. The molecule has 4 nitrogen and oxygen atoms in total. The van der Waals surface area contributed by atoms with Gasteiger partial charge in [-0.15, -0.1) is 0 Å². The van der Waals surface area contributed by atoms with Crippen molar-refractivity contribution >= 4 is 5.84 Å². The molecule has 92 valence electrons. The normalized spacial score (nSPS) is 21.9. The van der Waals surface area contributed by atoms with Crippen LogP contribution < -0.4 is 5.73 Å². The molecule has 1 saturated heterocycles. The molecule has 17 heavy (non-hydrogen) atoms. The van der Waals surface area contributed by atoms with Gasteiger partial charge >= 0.3 is 0 Å². The molecule has 1 aliphatic heterocycles. The van der Waals surface area contributed by atoms with Crippen LogP contribution in [0.2, 0.25) is 0 Å². The second-order valence-corrected chi connectivity index (χ2v) is 4.81. The molecule has 1 aromatic rings. The first kappa shape index (κ1) is 11.9. The van der Waals surface area contributed by atoms with Gasteiger partial charge in [-0.3, -0.25) is 4.90 Å². The van der Waals surface area contributed by atoms with Crippen molar-refractivity contribution in [1.82, 2.24) is 4.90 Å². The highest BCUT2D eigenvalue weighted by molar-refractivity contribution is 5.97. The summed E-state index contributed by atoms with van der Waals surface area (Å²) >= 11 is 0. The van der Waals surface area contributed by atoms with Crippen LogP contribution in [0.15, 0.2) is 29.4 Å². The lowest BCUT2D eigenvalue weighted by Gasteiger charge is -2.15. The van der Waals surface area contributed by atoms with Gasteiger partial charge in [-0.25, -0.2) is 0 Å². The Hall–Kier alpha value is -1.55. The Bertz CT molecular complexity index is 417. The number of nitrogens with two attached hydrogens (primary N) is 1. The van der Waals surface area contributed by atoms with Gasteiger partial charge in [0.1, 0.15) is 0 Å². The predicted octanol–water partition coefficient (Wildman–Crippen LogP) is 1.62. The number of oxime groups is 1. The van der Waals surface area contributed by atoms with E-state index in [1.54, 1.807) is 0 Å². The minimum Gasteiger partial charge on any atom is -0.409 e. The molecule has 1 unspecified atom stereocenters. The minimum atomic E-state index is 0.168. The van der Waals surface area contributed by atoms with Crippen molar-refractivity contribution < 1.29 is 5.21 Å². The Kier molecular flexibility index (Phi) is 3.64. The highest BCUT2D eigenvalue weighted by Crippen LogP contribution is 2.18. The summed E-state index contributed by atoms with van der Waals surface area (Å²) in [5.74, 6) is 0.962. The zero-order valence-corrected chi connectivity index (χ0v) is 10.1. The van der Waals surface area contributed by atoms with Gasteiger partial charge in [0.05, 0.1) is 0 Å². The molecule has 0 amide bonds. The SMILES string of the molecule is CC1CCN(Cc2cccc(C(N)=NO)c2)C1. The van der Waals surface area contributed by atoms with Gasteiger partial charge in [-0.05, 0) is 30.5 Å². The summed E-state index contributed by atoms with van der Waals surface area (Å²) < 4.78 is 0. The van der Waals surface area contributed by atoms with Crippen molar-refractivity contribution in [3.63, 3.8) is 0 Å². The first-order valence-electron chi connectivity index (χ1n) is 5.98. The highest BCUT2D eigenvalue weighted by Gasteiger charge is 2.18. The van der Waals surface area contributed by atoms with Gasteiger partial charge in [0.25, 0.3) is 0 Å². The van der Waals surface area contributed by atoms with Crippen molar-refractivity contribution in [2.45, 2.75) is 19.9 Å².